The van der Waals surface area contributed by atoms with Gasteiger partial charge in [0.2, 0.25) is 11.6 Å². The second-order valence-corrected chi connectivity index (χ2v) is 12.2. The van der Waals surface area contributed by atoms with Crippen molar-refractivity contribution < 1.29 is 19.8 Å². The summed E-state index contributed by atoms with van der Waals surface area (Å²) < 4.78 is 2.85. The highest BCUT2D eigenvalue weighted by Gasteiger charge is 2.17. The number of ketones is 2. The van der Waals surface area contributed by atoms with Crippen molar-refractivity contribution in [1.29, 1.82) is 0 Å². The Morgan fingerprint density at radius 3 is 1.62 bits per heavy atom. The number of para-hydroxylation sites is 1. The van der Waals surface area contributed by atoms with Gasteiger partial charge in [0.25, 0.3) is 0 Å². The van der Waals surface area contributed by atoms with Gasteiger partial charge in [-0.05, 0) is 66.1 Å². The van der Waals surface area contributed by atoms with Crippen LogP contribution in [0, 0.1) is 13.8 Å². The van der Waals surface area contributed by atoms with Gasteiger partial charge in [-0.15, -0.1) is 10.2 Å². The molecule has 0 spiro atoms. The minimum absolute atomic E-state index is 0.0887. The van der Waals surface area contributed by atoms with Gasteiger partial charge < -0.3 is 10.2 Å². The van der Waals surface area contributed by atoms with Crippen molar-refractivity contribution in [3.8, 4) is 22.9 Å². The number of aryl methyl sites for hydroxylation is 2. The number of benzene rings is 4. The molecule has 2 aromatic heterocycles. The summed E-state index contributed by atoms with van der Waals surface area (Å²) in [6.45, 7) is 12.2. The fourth-order valence-electron chi connectivity index (χ4n) is 5.06. The molecule has 0 aliphatic carbocycles. The molecular formula is C38H38N6O4. The zero-order valence-corrected chi connectivity index (χ0v) is 27.8. The SMILES string of the molecule is Cc1ccc(O)c(-n2cc(C(=O)c3ccc(C(C)C)cc3)nn2)c1.Cc1cccc(O)c1-n1cc(C(=O)c2ccc(C(C)C)cc2)nn1. The maximum absolute atomic E-state index is 12.6. The van der Waals surface area contributed by atoms with Gasteiger partial charge in [0.15, 0.2) is 11.4 Å². The number of rotatable bonds is 8. The highest BCUT2D eigenvalue weighted by atomic mass is 16.3. The van der Waals surface area contributed by atoms with Crippen LogP contribution in [0.2, 0.25) is 0 Å². The average Bonchev–Trinajstić information content (AvgIpc) is 3.77. The number of phenolic OH excluding ortho intramolecular Hbond substituents is 2. The highest BCUT2D eigenvalue weighted by Crippen LogP contribution is 2.25. The van der Waals surface area contributed by atoms with Gasteiger partial charge in [-0.25, -0.2) is 9.36 Å². The molecule has 48 heavy (non-hydrogen) atoms. The summed E-state index contributed by atoms with van der Waals surface area (Å²) in [5, 5.41) is 35.8. The van der Waals surface area contributed by atoms with Crippen molar-refractivity contribution in [2.45, 2.75) is 53.4 Å². The van der Waals surface area contributed by atoms with Crippen molar-refractivity contribution >= 4 is 11.6 Å². The van der Waals surface area contributed by atoms with E-state index in [4.69, 9.17) is 0 Å². The summed E-state index contributed by atoms with van der Waals surface area (Å²) in [6, 6.07) is 25.4. The lowest BCUT2D eigenvalue weighted by Gasteiger charge is -2.06. The van der Waals surface area contributed by atoms with Crippen LogP contribution in [0.5, 0.6) is 11.5 Å². The molecular weight excluding hydrogens is 604 g/mol. The Kier molecular flexibility index (Phi) is 9.93. The Morgan fingerprint density at radius 2 is 1.12 bits per heavy atom. The van der Waals surface area contributed by atoms with E-state index in [0.717, 1.165) is 11.1 Å². The molecule has 10 heteroatoms. The number of carbonyl (C=O) groups is 2. The average molecular weight is 643 g/mol. The molecule has 0 aliphatic rings. The van der Waals surface area contributed by atoms with Crippen LogP contribution in [0.3, 0.4) is 0 Å². The van der Waals surface area contributed by atoms with Crippen molar-refractivity contribution in [3.63, 3.8) is 0 Å². The lowest BCUT2D eigenvalue weighted by atomic mass is 10.00. The smallest absolute Gasteiger partial charge is 0.214 e. The summed E-state index contributed by atoms with van der Waals surface area (Å²) in [5.74, 6) is 0.637. The minimum Gasteiger partial charge on any atom is -0.506 e. The lowest BCUT2D eigenvalue weighted by Crippen LogP contribution is -2.02. The first-order chi connectivity index (χ1) is 22.9. The largest absolute Gasteiger partial charge is 0.506 e. The fraction of sp³-hybridized carbons (Fsp3) is 0.211. The summed E-state index contributed by atoms with van der Waals surface area (Å²) in [4.78, 5) is 25.1. The van der Waals surface area contributed by atoms with Crippen molar-refractivity contribution in [2.24, 2.45) is 0 Å². The molecule has 0 atom stereocenters. The molecule has 4 aromatic carbocycles. The third-order valence-electron chi connectivity index (χ3n) is 7.95. The number of aromatic nitrogens is 6. The number of carbonyl (C=O) groups excluding carboxylic acids is 2. The van der Waals surface area contributed by atoms with Crippen LogP contribution in [0.25, 0.3) is 11.4 Å². The third-order valence-corrected chi connectivity index (χ3v) is 7.95. The number of aromatic hydroxyl groups is 2. The molecule has 0 bridgehead atoms. The van der Waals surface area contributed by atoms with E-state index in [2.05, 4.69) is 48.3 Å². The van der Waals surface area contributed by atoms with Gasteiger partial charge in [-0.2, -0.15) is 0 Å². The Bertz CT molecular complexity index is 2040. The van der Waals surface area contributed by atoms with Gasteiger partial charge in [-0.3, -0.25) is 9.59 Å². The molecule has 0 unspecified atom stereocenters. The van der Waals surface area contributed by atoms with Crippen molar-refractivity contribution in [2.75, 3.05) is 0 Å². The number of hydrogen-bond acceptors (Lipinski definition) is 8. The number of hydrogen-bond donors (Lipinski definition) is 2. The predicted octanol–water partition coefficient (Wildman–Crippen LogP) is 7.27. The van der Waals surface area contributed by atoms with Crippen LogP contribution in [-0.2, 0) is 0 Å². The van der Waals surface area contributed by atoms with Crippen LogP contribution in [0.15, 0.2) is 97.3 Å². The molecule has 0 saturated carbocycles. The first-order valence-electron chi connectivity index (χ1n) is 15.7. The summed E-state index contributed by atoms with van der Waals surface area (Å²) in [5.41, 5.74) is 6.84. The van der Waals surface area contributed by atoms with E-state index in [1.54, 1.807) is 48.7 Å². The fourth-order valence-corrected chi connectivity index (χ4v) is 5.06. The first kappa shape index (κ1) is 33.5. The molecule has 6 rings (SSSR count). The summed E-state index contributed by atoms with van der Waals surface area (Å²) in [6.07, 6.45) is 3.08. The maximum atomic E-state index is 12.6. The summed E-state index contributed by atoms with van der Waals surface area (Å²) >= 11 is 0. The topological polar surface area (TPSA) is 136 Å². The molecule has 0 amide bonds. The lowest BCUT2D eigenvalue weighted by molar-refractivity contribution is 0.102. The van der Waals surface area contributed by atoms with Crippen molar-refractivity contribution in [3.05, 3.63) is 142 Å². The number of phenols is 2. The minimum atomic E-state index is -0.191. The zero-order chi connectivity index (χ0) is 34.5. The van der Waals surface area contributed by atoms with Crippen LogP contribution >= 0.6 is 0 Å². The van der Waals surface area contributed by atoms with Crippen LogP contribution in [0.4, 0.5) is 0 Å². The van der Waals surface area contributed by atoms with Gasteiger partial charge >= 0.3 is 0 Å². The quantitative estimate of drug-likeness (QED) is 0.166. The van der Waals surface area contributed by atoms with Gasteiger partial charge in [0.1, 0.15) is 22.9 Å². The second kappa shape index (κ2) is 14.3. The molecule has 0 aliphatic heterocycles. The molecule has 0 fully saturated rings. The van der Waals surface area contributed by atoms with E-state index in [9.17, 15) is 19.8 Å². The molecule has 6 aromatic rings. The predicted molar refractivity (Wildman–Crippen MR) is 183 cm³/mol. The van der Waals surface area contributed by atoms with E-state index in [1.807, 2.05) is 56.3 Å². The van der Waals surface area contributed by atoms with E-state index >= 15 is 0 Å². The molecule has 2 N–H and O–H groups in total. The molecule has 244 valence electrons. The van der Waals surface area contributed by atoms with Gasteiger partial charge in [0, 0.05) is 11.1 Å². The zero-order valence-electron chi connectivity index (χ0n) is 27.8. The van der Waals surface area contributed by atoms with Crippen LogP contribution in [0.1, 0.15) is 93.9 Å². The monoisotopic (exact) mass is 642 g/mol. The Labute approximate surface area is 279 Å². The second-order valence-electron chi connectivity index (χ2n) is 12.2. The standard InChI is InChI=1S/2C19H19N3O2/c1-12(2)14-5-7-15(8-6-14)19(24)16-11-22(21-20-16)17-10-13(3)4-9-18(17)23;1-12(2)14-7-9-15(10-8-14)19(24)16-11-22(21-20-16)18-13(3)5-4-6-17(18)23/h2*4-12,23H,1-3H3. The number of nitrogens with zero attached hydrogens (tertiary/aromatic N) is 6. The van der Waals surface area contributed by atoms with Crippen LogP contribution < -0.4 is 0 Å². The first-order valence-corrected chi connectivity index (χ1v) is 15.7. The summed E-state index contributed by atoms with van der Waals surface area (Å²) in [7, 11) is 0. The Balaban J connectivity index is 0.000000188. The van der Waals surface area contributed by atoms with E-state index < -0.39 is 0 Å². The highest BCUT2D eigenvalue weighted by molar-refractivity contribution is 6.08. The molecule has 0 radical (unpaired) electrons. The molecule has 0 saturated heterocycles. The van der Waals surface area contributed by atoms with E-state index in [-0.39, 0.29) is 34.5 Å². The van der Waals surface area contributed by atoms with Crippen molar-refractivity contribution in [1.82, 2.24) is 30.0 Å². The Hall–Kier alpha value is -5.90. The van der Waals surface area contributed by atoms with Gasteiger partial charge in [0.05, 0.1) is 12.4 Å². The van der Waals surface area contributed by atoms with E-state index in [1.165, 1.54) is 26.7 Å². The molecule has 10 nitrogen and oxygen atoms in total. The van der Waals surface area contributed by atoms with Gasteiger partial charge in [-0.1, -0.05) is 105 Å². The maximum Gasteiger partial charge on any atom is 0.214 e. The van der Waals surface area contributed by atoms with Crippen LogP contribution in [-0.4, -0.2) is 51.8 Å². The third kappa shape index (κ3) is 7.39. The molecule has 2 heterocycles. The van der Waals surface area contributed by atoms with E-state index in [0.29, 0.717) is 34.3 Å². The normalized spacial score (nSPS) is 11.0. The Morgan fingerprint density at radius 1 is 0.625 bits per heavy atom.